The second-order valence-electron chi connectivity index (χ2n) is 6.46. The molecule has 0 aliphatic heterocycles. The van der Waals surface area contributed by atoms with Crippen LogP contribution in [0.15, 0.2) is 12.1 Å². The molecule has 0 bridgehead atoms. The van der Waals surface area contributed by atoms with Gasteiger partial charge < -0.3 is 5.11 Å². The van der Waals surface area contributed by atoms with Crippen LogP contribution in [0, 0.1) is 23.5 Å². The summed E-state index contributed by atoms with van der Waals surface area (Å²) >= 11 is 0. The van der Waals surface area contributed by atoms with Gasteiger partial charge in [0.1, 0.15) is 0 Å². The number of benzene rings is 1. The Morgan fingerprint density at radius 3 is 2.05 bits per heavy atom. The summed E-state index contributed by atoms with van der Waals surface area (Å²) < 4.78 is 27.4. The first kappa shape index (κ1) is 13.8. The maximum Gasteiger partial charge on any atom is 0.200 e. The Bertz CT molecular complexity index is 472. The van der Waals surface area contributed by atoms with Crippen molar-refractivity contribution < 1.29 is 13.9 Å². The van der Waals surface area contributed by atoms with Gasteiger partial charge in [0.15, 0.2) is 11.6 Å². The van der Waals surface area contributed by atoms with Crippen LogP contribution in [0.5, 0.6) is 5.75 Å². The predicted octanol–water partition coefficient (Wildman–Crippen LogP) is 5.13. The number of phenols is 1. The van der Waals surface area contributed by atoms with Crippen LogP contribution in [-0.4, -0.2) is 5.11 Å². The number of halogens is 2. The molecule has 1 N–H and O–H groups in total. The quantitative estimate of drug-likeness (QED) is 0.795. The highest BCUT2D eigenvalue weighted by molar-refractivity contribution is 5.32. The van der Waals surface area contributed by atoms with Gasteiger partial charge >= 0.3 is 0 Å². The standard InChI is InChI=1S/C17H22F2O/c18-16-14(9-10-15(20)17(16)19)13-7-5-12(6-8-13)11-3-1-2-4-11/h9-13,20H,1-8H2. The monoisotopic (exact) mass is 280 g/mol. The average molecular weight is 280 g/mol. The first-order valence-electron chi connectivity index (χ1n) is 7.83. The minimum absolute atomic E-state index is 0.114. The van der Waals surface area contributed by atoms with Gasteiger partial charge in [-0.2, -0.15) is 4.39 Å². The third-order valence-electron chi connectivity index (χ3n) is 5.37. The van der Waals surface area contributed by atoms with E-state index in [0.29, 0.717) is 5.56 Å². The molecule has 1 aromatic rings. The van der Waals surface area contributed by atoms with Crippen molar-refractivity contribution in [3.05, 3.63) is 29.3 Å². The van der Waals surface area contributed by atoms with Gasteiger partial charge in [-0.05, 0) is 55.1 Å². The summed E-state index contributed by atoms with van der Waals surface area (Å²) in [4.78, 5) is 0. The topological polar surface area (TPSA) is 20.2 Å². The molecule has 2 aliphatic rings. The molecule has 0 heterocycles. The second-order valence-corrected chi connectivity index (χ2v) is 6.46. The van der Waals surface area contributed by atoms with Crippen LogP contribution in [0.4, 0.5) is 8.78 Å². The summed E-state index contributed by atoms with van der Waals surface area (Å²) in [7, 11) is 0. The fraction of sp³-hybridized carbons (Fsp3) is 0.647. The minimum Gasteiger partial charge on any atom is -0.505 e. The normalized spacial score (nSPS) is 27.9. The van der Waals surface area contributed by atoms with Crippen molar-refractivity contribution in [2.24, 2.45) is 11.8 Å². The number of aromatic hydroxyl groups is 1. The van der Waals surface area contributed by atoms with Crippen molar-refractivity contribution in [3.8, 4) is 5.75 Å². The summed E-state index contributed by atoms with van der Waals surface area (Å²) in [5.41, 5.74) is 0.449. The van der Waals surface area contributed by atoms with Crippen molar-refractivity contribution in [3.63, 3.8) is 0 Å². The lowest BCUT2D eigenvalue weighted by molar-refractivity contribution is 0.232. The molecule has 3 rings (SSSR count). The lowest BCUT2D eigenvalue weighted by atomic mass is 9.73. The minimum atomic E-state index is -1.10. The zero-order chi connectivity index (χ0) is 14.1. The fourth-order valence-electron chi connectivity index (χ4n) is 4.20. The summed E-state index contributed by atoms with van der Waals surface area (Å²) in [5.74, 6) is -0.764. The molecule has 0 saturated heterocycles. The molecule has 1 aromatic carbocycles. The Hall–Kier alpha value is -1.12. The van der Waals surface area contributed by atoms with Gasteiger partial charge in [0.2, 0.25) is 5.82 Å². The van der Waals surface area contributed by atoms with Gasteiger partial charge in [-0.15, -0.1) is 0 Å². The SMILES string of the molecule is Oc1ccc(C2CCC(C3CCCC3)CC2)c(F)c1F. The van der Waals surface area contributed by atoms with Crippen LogP contribution in [0.1, 0.15) is 62.8 Å². The summed E-state index contributed by atoms with van der Waals surface area (Å²) in [6, 6.07) is 2.82. The highest BCUT2D eigenvalue weighted by Gasteiger charge is 2.31. The number of phenolic OH excluding ortho intramolecular Hbond substituents is 1. The van der Waals surface area contributed by atoms with Gasteiger partial charge in [-0.3, -0.25) is 0 Å². The summed E-state index contributed by atoms with van der Waals surface area (Å²) in [6.45, 7) is 0. The fourth-order valence-corrected chi connectivity index (χ4v) is 4.20. The zero-order valence-electron chi connectivity index (χ0n) is 11.7. The molecular weight excluding hydrogens is 258 g/mol. The van der Waals surface area contributed by atoms with E-state index in [0.717, 1.165) is 37.5 Å². The van der Waals surface area contributed by atoms with Gasteiger partial charge in [-0.1, -0.05) is 31.7 Å². The van der Waals surface area contributed by atoms with Crippen molar-refractivity contribution >= 4 is 0 Å². The molecule has 2 fully saturated rings. The molecular formula is C17H22F2O. The Morgan fingerprint density at radius 2 is 1.40 bits per heavy atom. The lowest BCUT2D eigenvalue weighted by Crippen LogP contribution is -2.20. The van der Waals surface area contributed by atoms with E-state index < -0.39 is 17.4 Å². The van der Waals surface area contributed by atoms with Crippen molar-refractivity contribution in [2.75, 3.05) is 0 Å². The molecule has 0 amide bonds. The third kappa shape index (κ3) is 2.55. The highest BCUT2D eigenvalue weighted by Crippen LogP contribution is 2.44. The Kier molecular flexibility index (Phi) is 3.95. The van der Waals surface area contributed by atoms with E-state index >= 15 is 0 Å². The molecule has 3 heteroatoms. The number of hydrogen-bond donors (Lipinski definition) is 1. The number of hydrogen-bond acceptors (Lipinski definition) is 1. The Labute approximate surface area is 119 Å². The van der Waals surface area contributed by atoms with Crippen LogP contribution < -0.4 is 0 Å². The summed E-state index contributed by atoms with van der Waals surface area (Å²) in [5, 5.41) is 9.19. The average Bonchev–Trinajstić information content (AvgIpc) is 3.00. The van der Waals surface area contributed by atoms with Crippen LogP contribution in [0.25, 0.3) is 0 Å². The van der Waals surface area contributed by atoms with Crippen molar-refractivity contribution in [1.82, 2.24) is 0 Å². The summed E-state index contributed by atoms with van der Waals surface area (Å²) in [6.07, 6.45) is 9.61. The third-order valence-corrected chi connectivity index (χ3v) is 5.37. The van der Waals surface area contributed by atoms with E-state index in [1.54, 1.807) is 6.07 Å². The van der Waals surface area contributed by atoms with Crippen LogP contribution in [0.2, 0.25) is 0 Å². The molecule has 0 radical (unpaired) electrons. The molecule has 0 atom stereocenters. The molecule has 110 valence electrons. The maximum atomic E-state index is 13.9. The molecule has 0 unspecified atom stereocenters. The van der Waals surface area contributed by atoms with E-state index in [1.165, 1.54) is 31.7 Å². The predicted molar refractivity (Wildman–Crippen MR) is 74.7 cm³/mol. The largest absolute Gasteiger partial charge is 0.505 e. The van der Waals surface area contributed by atoms with E-state index in [9.17, 15) is 13.9 Å². The van der Waals surface area contributed by atoms with Crippen molar-refractivity contribution in [2.45, 2.75) is 57.3 Å². The Balaban J connectivity index is 1.67. The second kappa shape index (κ2) is 5.71. The lowest BCUT2D eigenvalue weighted by Gasteiger charge is -2.32. The smallest absolute Gasteiger partial charge is 0.200 e. The first-order valence-corrected chi connectivity index (χ1v) is 7.83. The highest BCUT2D eigenvalue weighted by atomic mass is 19.2. The molecule has 2 saturated carbocycles. The van der Waals surface area contributed by atoms with Gasteiger partial charge in [0, 0.05) is 0 Å². The molecule has 0 aromatic heterocycles. The zero-order valence-corrected chi connectivity index (χ0v) is 11.7. The van der Waals surface area contributed by atoms with Crippen LogP contribution in [0.3, 0.4) is 0 Å². The molecule has 2 aliphatic carbocycles. The number of rotatable bonds is 2. The van der Waals surface area contributed by atoms with E-state index in [2.05, 4.69) is 0 Å². The maximum absolute atomic E-state index is 13.9. The molecule has 0 spiro atoms. The van der Waals surface area contributed by atoms with Crippen LogP contribution in [-0.2, 0) is 0 Å². The van der Waals surface area contributed by atoms with Gasteiger partial charge in [0.25, 0.3) is 0 Å². The Morgan fingerprint density at radius 1 is 0.800 bits per heavy atom. The van der Waals surface area contributed by atoms with Crippen molar-refractivity contribution in [1.29, 1.82) is 0 Å². The van der Waals surface area contributed by atoms with Crippen LogP contribution >= 0.6 is 0 Å². The first-order chi connectivity index (χ1) is 9.66. The van der Waals surface area contributed by atoms with Gasteiger partial charge in [-0.25, -0.2) is 4.39 Å². The molecule has 20 heavy (non-hydrogen) atoms. The van der Waals surface area contributed by atoms with Gasteiger partial charge in [0.05, 0.1) is 0 Å². The van der Waals surface area contributed by atoms with E-state index in [-0.39, 0.29) is 5.92 Å². The molecule has 1 nitrogen and oxygen atoms in total. The van der Waals surface area contributed by atoms with E-state index in [1.807, 2.05) is 0 Å². The van der Waals surface area contributed by atoms with E-state index in [4.69, 9.17) is 0 Å².